The van der Waals surface area contributed by atoms with E-state index in [1.807, 2.05) is 36.1 Å². The van der Waals surface area contributed by atoms with Gasteiger partial charge in [0.2, 0.25) is 0 Å². The van der Waals surface area contributed by atoms with Gasteiger partial charge in [0.25, 0.3) is 0 Å². The zero-order valence-electron chi connectivity index (χ0n) is 15.7. The van der Waals surface area contributed by atoms with Gasteiger partial charge in [-0.05, 0) is 48.8 Å². The molecular formula is C20H30IN5. The van der Waals surface area contributed by atoms with Crippen LogP contribution in [0.2, 0.25) is 0 Å². The van der Waals surface area contributed by atoms with E-state index in [4.69, 9.17) is 0 Å². The van der Waals surface area contributed by atoms with Crippen molar-refractivity contribution in [3.8, 4) is 5.69 Å². The Morgan fingerprint density at radius 1 is 1.23 bits per heavy atom. The molecule has 1 fully saturated rings. The van der Waals surface area contributed by atoms with E-state index in [0.29, 0.717) is 5.41 Å². The molecule has 1 saturated carbocycles. The van der Waals surface area contributed by atoms with E-state index >= 15 is 0 Å². The van der Waals surface area contributed by atoms with E-state index in [1.54, 1.807) is 0 Å². The molecule has 2 aromatic rings. The molecule has 1 aromatic carbocycles. The summed E-state index contributed by atoms with van der Waals surface area (Å²) in [7, 11) is 1.84. The van der Waals surface area contributed by atoms with Crippen molar-refractivity contribution >= 4 is 29.9 Å². The number of aromatic nitrogens is 2. The van der Waals surface area contributed by atoms with Crippen molar-refractivity contribution in [1.82, 2.24) is 20.4 Å². The second-order valence-corrected chi connectivity index (χ2v) is 6.94. The third-order valence-corrected chi connectivity index (χ3v) is 5.38. The summed E-state index contributed by atoms with van der Waals surface area (Å²) in [5.74, 6) is 0.898. The number of nitrogens with one attached hydrogen (secondary N) is 2. The highest BCUT2D eigenvalue weighted by molar-refractivity contribution is 14.0. The van der Waals surface area contributed by atoms with Crippen LogP contribution in [0, 0.1) is 5.41 Å². The van der Waals surface area contributed by atoms with E-state index in [9.17, 15) is 0 Å². The summed E-state index contributed by atoms with van der Waals surface area (Å²) in [6, 6.07) is 10.2. The van der Waals surface area contributed by atoms with E-state index in [2.05, 4.69) is 46.0 Å². The van der Waals surface area contributed by atoms with Gasteiger partial charge < -0.3 is 10.6 Å². The smallest absolute Gasteiger partial charge is 0.191 e. The van der Waals surface area contributed by atoms with Gasteiger partial charge in [-0.25, -0.2) is 4.68 Å². The summed E-state index contributed by atoms with van der Waals surface area (Å²) in [4.78, 5) is 4.34. The molecule has 0 spiro atoms. The zero-order chi connectivity index (χ0) is 17.5. The first-order chi connectivity index (χ1) is 12.2. The highest BCUT2D eigenvalue weighted by Crippen LogP contribution is 2.42. The molecule has 1 aromatic heterocycles. The van der Waals surface area contributed by atoms with Crippen LogP contribution < -0.4 is 10.6 Å². The fraction of sp³-hybridized carbons (Fsp3) is 0.500. The lowest BCUT2D eigenvalue weighted by Gasteiger charge is -2.41. The lowest BCUT2D eigenvalue weighted by molar-refractivity contribution is 0.131. The van der Waals surface area contributed by atoms with Gasteiger partial charge in [-0.3, -0.25) is 4.99 Å². The molecule has 0 bridgehead atoms. The average molecular weight is 467 g/mol. The van der Waals surface area contributed by atoms with Crippen LogP contribution in [0.1, 0.15) is 38.2 Å². The molecule has 1 aliphatic carbocycles. The molecule has 3 rings (SSSR count). The van der Waals surface area contributed by atoms with Crippen LogP contribution in [0.3, 0.4) is 0 Å². The van der Waals surface area contributed by atoms with Crippen molar-refractivity contribution in [2.45, 2.75) is 39.0 Å². The Morgan fingerprint density at radius 2 is 2.00 bits per heavy atom. The Morgan fingerprint density at radius 3 is 2.62 bits per heavy atom. The van der Waals surface area contributed by atoms with Gasteiger partial charge in [0.05, 0.1) is 11.9 Å². The van der Waals surface area contributed by atoms with Crippen LogP contribution in [0.15, 0.2) is 47.7 Å². The molecule has 0 unspecified atom stereocenters. The number of para-hydroxylation sites is 1. The molecule has 5 nitrogen and oxygen atoms in total. The largest absolute Gasteiger partial charge is 0.356 e. The maximum absolute atomic E-state index is 4.45. The lowest BCUT2D eigenvalue weighted by atomic mass is 9.67. The monoisotopic (exact) mass is 467 g/mol. The number of aliphatic imine (C=N–C) groups is 1. The van der Waals surface area contributed by atoms with Crippen LogP contribution in [0.25, 0.3) is 5.69 Å². The summed E-state index contributed by atoms with van der Waals surface area (Å²) in [5.41, 5.74) is 2.80. The lowest BCUT2D eigenvalue weighted by Crippen LogP contribution is -2.46. The first-order valence-corrected chi connectivity index (χ1v) is 9.28. The number of halogens is 1. The van der Waals surface area contributed by atoms with Crippen molar-refractivity contribution in [2.24, 2.45) is 10.4 Å². The van der Waals surface area contributed by atoms with Crippen LogP contribution in [0.4, 0.5) is 0 Å². The summed E-state index contributed by atoms with van der Waals surface area (Å²) in [5, 5.41) is 11.4. The van der Waals surface area contributed by atoms with Gasteiger partial charge in [-0.2, -0.15) is 5.10 Å². The van der Waals surface area contributed by atoms with Crippen LogP contribution in [-0.2, 0) is 6.42 Å². The number of hydrogen-bond donors (Lipinski definition) is 2. The molecule has 1 aliphatic rings. The Bertz CT molecular complexity index is 686. The van der Waals surface area contributed by atoms with E-state index in [-0.39, 0.29) is 24.0 Å². The summed E-state index contributed by atoms with van der Waals surface area (Å²) in [6.07, 6.45) is 10.2. The SMILES string of the molecule is CCC1(CNC(=NC)NCCc2cnn(-c3ccccc3)c2)CCC1.I. The first kappa shape index (κ1) is 20.7. The zero-order valence-corrected chi connectivity index (χ0v) is 18.1. The predicted molar refractivity (Wildman–Crippen MR) is 119 cm³/mol. The standard InChI is InChI=1S/C20H29N5.HI/c1-3-20(11-7-12-20)16-23-19(21-2)22-13-10-17-14-24-25(15-17)18-8-5-4-6-9-18;/h4-6,8-9,14-15H,3,7,10-13,16H2,1-2H3,(H2,21,22,23);1H. The minimum absolute atomic E-state index is 0. The van der Waals surface area contributed by atoms with Gasteiger partial charge in [0.15, 0.2) is 5.96 Å². The van der Waals surface area contributed by atoms with Gasteiger partial charge in [0.1, 0.15) is 0 Å². The molecule has 6 heteroatoms. The van der Waals surface area contributed by atoms with Crippen molar-refractivity contribution in [3.63, 3.8) is 0 Å². The molecule has 0 radical (unpaired) electrons. The van der Waals surface area contributed by atoms with Crippen LogP contribution in [0.5, 0.6) is 0 Å². The van der Waals surface area contributed by atoms with Crippen molar-refractivity contribution in [3.05, 3.63) is 48.3 Å². The molecule has 26 heavy (non-hydrogen) atoms. The number of hydrogen-bond acceptors (Lipinski definition) is 2. The Kier molecular flexibility index (Phi) is 7.93. The molecule has 0 amide bonds. The summed E-state index contributed by atoms with van der Waals surface area (Å²) >= 11 is 0. The second-order valence-electron chi connectivity index (χ2n) is 6.94. The number of rotatable bonds is 7. The molecule has 0 saturated heterocycles. The Hall–Kier alpha value is -1.57. The predicted octanol–water partition coefficient (Wildman–Crippen LogP) is 3.78. The van der Waals surface area contributed by atoms with Gasteiger partial charge in [0, 0.05) is 26.3 Å². The van der Waals surface area contributed by atoms with Gasteiger partial charge >= 0.3 is 0 Å². The van der Waals surface area contributed by atoms with Gasteiger partial charge in [-0.15, -0.1) is 24.0 Å². The third-order valence-electron chi connectivity index (χ3n) is 5.38. The highest BCUT2D eigenvalue weighted by Gasteiger charge is 2.34. The number of benzene rings is 1. The van der Waals surface area contributed by atoms with E-state index in [1.165, 1.54) is 31.2 Å². The molecular weight excluding hydrogens is 437 g/mol. The van der Waals surface area contributed by atoms with Crippen molar-refractivity contribution in [1.29, 1.82) is 0 Å². The van der Waals surface area contributed by atoms with E-state index < -0.39 is 0 Å². The maximum Gasteiger partial charge on any atom is 0.191 e. The topological polar surface area (TPSA) is 54.2 Å². The fourth-order valence-electron chi connectivity index (χ4n) is 3.36. The molecule has 0 aliphatic heterocycles. The maximum atomic E-state index is 4.45. The minimum atomic E-state index is 0. The van der Waals surface area contributed by atoms with Gasteiger partial charge in [-0.1, -0.05) is 31.5 Å². The second kappa shape index (κ2) is 9.94. The minimum Gasteiger partial charge on any atom is -0.356 e. The quantitative estimate of drug-likeness (QED) is 0.370. The van der Waals surface area contributed by atoms with Crippen LogP contribution in [-0.4, -0.2) is 35.9 Å². The molecule has 1 heterocycles. The number of nitrogens with zero attached hydrogens (tertiary/aromatic N) is 3. The normalized spacial score (nSPS) is 15.7. The average Bonchev–Trinajstić information content (AvgIpc) is 3.09. The third kappa shape index (κ3) is 5.22. The fourth-order valence-corrected chi connectivity index (χ4v) is 3.36. The summed E-state index contributed by atoms with van der Waals surface area (Å²) < 4.78 is 1.92. The first-order valence-electron chi connectivity index (χ1n) is 9.28. The highest BCUT2D eigenvalue weighted by atomic mass is 127. The Labute approximate surface area is 173 Å². The summed E-state index contributed by atoms with van der Waals surface area (Å²) in [6.45, 7) is 4.16. The van der Waals surface area contributed by atoms with Crippen molar-refractivity contribution in [2.75, 3.05) is 20.1 Å². The molecule has 142 valence electrons. The number of guanidine groups is 1. The van der Waals surface area contributed by atoms with E-state index in [0.717, 1.165) is 31.2 Å². The van der Waals surface area contributed by atoms with Crippen LogP contribution >= 0.6 is 24.0 Å². The Balaban J connectivity index is 0.00000243. The van der Waals surface area contributed by atoms with Crippen molar-refractivity contribution < 1.29 is 0 Å². The molecule has 2 N–H and O–H groups in total. The molecule has 0 atom stereocenters.